The average molecular weight is 354 g/mol. The van der Waals surface area contributed by atoms with Crippen LogP contribution in [-0.4, -0.2) is 38.9 Å². The zero-order chi connectivity index (χ0) is 18.0. The Labute approximate surface area is 151 Å². The van der Waals surface area contributed by atoms with E-state index >= 15 is 0 Å². The Morgan fingerprint density at radius 1 is 1.23 bits per heavy atom. The maximum Gasteiger partial charge on any atom is 0.245 e. The second-order valence-electron chi connectivity index (χ2n) is 8.05. The van der Waals surface area contributed by atoms with Crippen LogP contribution < -0.4 is 5.32 Å². The van der Waals surface area contributed by atoms with Gasteiger partial charge < -0.3 is 5.32 Å². The minimum Gasteiger partial charge on any atom is -0.309 e. The van der Waals surface area contributed by atoms with Crippen molar-refractivity contribution >= 4 is 23.5 Å². The Kier molecular flexibility index (Phi) is 3.36. The topological polar surface area (TPSA) is 84.3 Å². The molecule has 3 aliphatic carbocycles. The number of fused-ring (bicyclic) bond motifs is 5. The molecule has 3 amide bonds. The van der Waals surface area contributed by atoms with E-state index in [1.807, 2.05) is 4.68 Å². The molecule has 1 aromatic heterocycles. The minimum absolute atomic E-state index is 0.162. The molecular formula is C19H22N4O3. The fourth-order valence-electron chi connectivity index (χ4n) is 4.96. The number of likely N-dealkylation sites (tertiary alicyclic amines) is 1. The van der Waals surface area contributed by atoms with Gasteiger partial charge in [-0.25, -0.2) is 4.68 Å². The smallest absolute Gasteiger partial charge is 0.245 e. The van der Waals surface area contributed by atoms with Gasteiger partial charge in [0.2, 0.25) is 17.7 Å². The van der Waals surface area contributed by atoms with E-state index in [1.54, 1.807) is 12.3 Å². The van der Waals surface area contributed by atoms with Gasteiger partial charge in [0.05, 0.1) is 24.1 Å². The molecule has 1 saturated heterocycles. The van der Waals surface area contributed by atoms with Gasteiger partial charge in [-0.3, -0.25) is 19.3 Å². The summed E-state index contributed by atoms with van der Waals surface area (Å²) in [5, 5.41) is 7.14. The first-order chi connectivity index (χ1) is 12.5. The Bertz CT molecular complexity index is 795. The molecule has 1 N–H and O–H groups in total. The summed E-state index contributed by atoms with van der Waals surface area (Å²) in [6.45, 7) is 1.88. The van der Waals surface area contributed by atoms with Crippen molar-refractivity contribution in [3.8, 4) is 0 Å². The summed E-state index contributed by atoms with van der Waals surface area (Å²) < 4.78 is 1.82. The van der Waals surface area contributed by atoms with Gasteiger partial charge in [-0.15, -0.1) is 0 Å². The van der Waals surface area contributed by atoms with E-state index in [0.29, 0.717) is 11.7 Å². The van der Waals surface area contributed by atoms with E-state index in [0.717, 1.165) is 11.3 Å². The molecule has 0 spiro atoms. The Morgan fingerprint density at radius 3 is 2.50 bits per heavy atom. The fraction of sp³-hybridized carbons (Fsp3) is 0.579. The Hall–Kier alpha value is -2.44. The monoisotopic (exact) mass is 354 g/mol. The number of hydrogen-bond acceptors (Lipinski definition) is 4. The molecule has 2 bridgehead atoms. The van der Waals surface area contributed by atoms with Crippen molar-refractivity contribution in [2.45, 2.75) is 32.2 Å². The number of amides is 3. The van der Waals surface area contributed by atoms with Crippen LogP contribution >= 0.6 is 0 Å². The molecule has 5 rings (SSSR count). The van der Waals surface area contributed by atoms with Crippen LogP contribution in [0, 0.1) is 29.6 Å². The van der Waals surface area contributed by atoms with Gasteiger partial charge in [0.15, 0.2) is 0 Å². The first kappa shape index (κ1) is 15.8. The predicted octanol–water partition coefficient (Wildman–Crippen LogP) is 1.60. The van der Waals surface area contributed by atoms with Crippen molar-refractivity contribution in [3.05, 3.63) is 24.4 Å². The van der Waals surface area contributed by atoms with E-state index < -0.39 is 0 Å². The van der Waals surface area contributed by atoms with Gasteiger partial charge in [0.25, 0.3) is 0 Å². The van der Waals surface area contributed by atoms with Crippen LogP contribution in [-0.2, 0) is 14.4 Å². The number of carbonyl (C=O) groups is 3. The van der Waals surface area contributed by atoms with Crippen LogP contribution in [0.1, 0.15) is 32.2 Å². The highest BCUT2D eigenvalue weighted by Gasteiger charge is 2.59. The van der Waals surface area contributed by atoms with E-state index in [1.165, 1.54) is 12.8 Å². The van der Waals surface area contributed by atoms with Crippen LogP contribution in [0.3, 0.4) is 0 Å². The highest BCUT2D eigenvalue weighted by atomic mass is 16.2. The normalized spacial score (nSPS) is 33.0. The molecule has 2 saturated carbocycles. The molecule has 0 radical (unpaired) electrons. The van der Waals surface area contributed by atoms with Crippen molar-refractivity contribution in [1.82, 2.24) is 14.7 Å². The lowest BCUT2D eigenvalue weighted by atomic mass is 9.85. The summed E-state index contributed by atoms with van der Waals surface area (Å²) >= 11 is 0. The number of aromatic nitrogens is 2. The number of nitrogens with zero attached hydrogens (tertiary/aromatic N) is 3. The highest BCUT2D eigenvalue weighted by Crippen LogP contribution is 2.52. The summed E-state index contributed by atoms with van der Waals surface area (Å²) in [7, 11) is 0. The predicted molar refractivity (Wildman–Crippen MR) is 92.7 cm³/mol. The van der Waals surface area contributed by atoms with Crippen molar-refractivity contribution in [3.63, 3.8) is 0 Å². The lowest BCUT2D eigenvalue weighted by Gasteiger charge is -2.18. The van der Waals surface area contributed by atoms with Gasteiger partial charge in [0.1, 0.15) is 12.4 Å². The standard InChI is InChI=1S/C19H22N4O3/c1-10(11-2-3-11)23-14(6-7-20-23)21-15(24)9-22-18(25)16-12-4-5-13(8-12)17(16)19(22)26/h4-7,10-13,16-17H,2-3,8-9H2,1H3,(H,21,24). The van der Waals surface area contributed by atoms with Gasteiger partial charge >= 0.3 is 0 Å². The Morgan fingerprint density at radius 2 is 1.88 bits per heavy atom. The van der Waals surface area contributed by atoms with Crippen molar-refractivity contribution < 1.29 is 14.4 Å². The second-order valence-corrected chi connectivity index (χ2v) is 8.05. The molecule has 26 heavy (non-hydrogen) atoms. The summed E-state index contributed by atoms with van der Waals surface area (Å²) in [6.07, 6.45) is 9.03. The van der Waals surface area contributed by atoms with Crippen LogP contribution in [0.25, 0.3) is 0 Å². The van der Waals surface area contributed by atoms with Crippen molar-refractivity contribution in [2.75, 3.05) is 11.9 Å². The number of hydrogen-bond donors (Lipinski definition) is 1. The molecule has 4 aliphatic rings. The molecule has 0 aromatic carbocycles. The molecule has 7 nitrogen and oxygen atoms in total. The van der Waals surface area contributed by atoms with E-state index in [2.05, 4.69) is 29.5 Å². The van der Waals surface area contributed by atoms with Gasteiger partial charge in [-0.2, -0.15) is 5.10 Å². The minimum atomic E-state index is -0.350. The quantitative estimate of drug-likeness (QED) is 0.643. The lowest BCUT2D eigenvalue weighted by molar-refractivity contribution is -0.143. The third kappa shape index (κ3) is 2.26. The zero-order valence-electron chi connectivity index (χ0n) is 14.7. The molecule has 1 aliphatic heterocycles. The summed E-state index contributed by atoms with van der Waals surface area (Å²) in [6, 6.07) is 1.99. The molecule has 5 atom stereocenters. The molecule has 1 aromatic rings. The van der Waals surface area contributed by atoms with Gasteiger partial charge in [0, 0.05) is 6.07 Å². The first-order valence-electron chi connectivity index (χ1n) is 9.41. The van der Waals surface area contributed by atoms with Crippen LogP contribution in [0.15, 0.2) is 24.4 Å². The molecule has 7 heteroatoms. The molecular weight excluding hydrogens is 332 g/mol. The van der Waals surface area contributed by atoms with E-state index in [9.17, 15) is 14.4 Å². The number of anilines is 1. The second kappa shape index (κ2) is 5.53. The zero-order valence-corrected chi connectivity index (χ0v) is 14.7. The number of carbonyl (C=O) groups excluding carboxylic acids is 3. The first-order valence-corrected chi connectivity index (χ1v) is 9.41. The average Bonchev–Trinajstić information content (AvgIpc) is 2.95. The third-order valence-corrected chi connectivity index (χ3v) is 6.49. The highest BCUT2D eigenvalue weighted by molar-refractivity contribution is 6.09. The molecule has 3 fully saturated rings. The SMILES string of the molecule is CC(C1CC1)n1nccc1NC(=O)CN1C(=O)C2C3C=CC(C3)C2C1=O. The van der Waals surface area contributed by atoms with Crippen molar-refractivity contribution in [1.29, 1.82) is 0 Å². The van der Waals surface area contributed by atoms with E-state index in [-0.39, 0.29) is 54.0 Å². The number of imide groups is 1. The van der Waals surface area contributed by atoms with Crippen LogP contribution in [0.4, 0.5) is 5.82 Å². The summed E-state index contributed by atoms with van der Waals surface area (Å²) in [5.41, 5.74) is 0. The number of nitrogens with one attached hydrogen (secondary N) is 1. The van der Waals surface area contributed by atoms with Crippen LogP contribution in [0.2, 0.25) is 0 Å². The summed E-state index contributed by atoms with van der Waals surface area (Å²) in [5.74, 6) is 0.308. The number of rotatable bonds is 5. The van der Waals surface area contributed by atoms with Crippen molar-refractivity contribution in [2.24, 2.45) is 29.6 Å². The third-order valence-electron chi connectivity index (χ3n) is 6.49. The van der Waals surface area contributed by atoms with E-state index in [4.69, 9.17) is 0 Å². The maximum absolute atomic E-state index is 12.7. The lowest BCUT2D eigenvalue weighted by Crippen LogP contribution is -2.39. The van der Waals surface area contributed by atoms with Crippen LogP contribution in [0.5, 0.6) is 0 Å². The largest absolute Gasteiger partial charge is 0.309 e. The summed E-state index contributed by atoms with van der Waals surface area (Å²) in [4.78, 5) is 39.0. The molecule has 136 valence electrons. The fourth-order valence-corrected chi connectivity index (χ4v) is 4.96. The maximum atomic E-state index is 12.7. The number of allylic oxidation sites excluding steroid dienone is 2. The van der Waals surface area contributed by atoms with Gasteiger partial charge in [-0.1, -0.05) is 12.2 Å². The molecule has 2 heterocycles. The van der Waals surface area contributed by atoms with Gasteiger partial charge in [-0.05, 0) is 43.9 Å². The molecule has 5 unspecified atom stereocenters. The Balaban J connectivity index is 1.28.